The first-order valence-electron chi connectivity index (χ1n) is 4.25. The number of nitrogens with one attached hydrogen (secondary N) is 2. The monoisotopic (exact) mass is 171 g/mol. The second-order valence-electron chi connectivity index (χ2n) is 5.16. The van der Waals surface area contributed by atoms with Crippen molar-refractivity contribution in [1.82, 2.24) is 5.32 Å². The standard InChI is InChI=1S/C9H21N3/c1-8(2,3)6-9(4,5)12-7(10)11/h6H2,1-5H3,(H4,10,11,12). The third-order valence-electron chi connectivity index (χ3n) is 1.45. The van der Waals surface area contributed by atoms with Crippen molar-refractivity contribution < 1.29 is 0 Å². The molecule has 0 aliphatic rings. The molecule has 0 saturated carbocycles. The van der Waals surface area contributed by atoms with E-state index in [0.717, 1.165) is 6.42 Å². The summed E-state index contributed by atoms with van der Waals surface area (Å²) in [6.07, 6.45) is 0.986. The molecule has 0 amide bonds. The van der Waals surface area contributed by atoms with E-state index in [4.69, 9.17) is 11.1 Å². The van der Waals surface area contributed by atoms with E-state index in [1.54, 1.807) is 0 Å². The predicted molar refractivity (Wildman–Crippen MR) is 53.2 cm³/mol. The number of nitrogens with two attached hydrogens (primary N) is 1. The van der Waals surface area contributed by atoms with Crippen molar-refractivity contribution >= 4 is 5.96 Å². The summed E-state index contributed by atoms with van der Waals surface area (Å²) in [5.74, 6) is 0.0456. The van der Waals surface area contributed by atoms with Crippen LogP contribution in [0.5, 0.6) is 0 Å². The van der Waals surface area contributed by atoms with E-state index >= 15 is 0 Å². The Labute approximate surface area is 75.2 Å². The van der Waals surface area contributed by atoms with Crippen LogP contribution in [-0.2, 0) is 0 Å². The van der Waals surface area contributed by atoms with Crippen molar-refractivity contribution in [2.45, 2.75) is 46.6 Å². The largest absolute Gasteiger partial charge is 0.370 e. The molecule has 0 unspecified atom stereocenters. The summed E-state index contributed by atoms with van der Waals surface area (Å²) < 4.78 is 0. The molecule has 0 heterocycles. The summed E-state index contributed by atoms with van der Waals surface area (Å²) in [7, 11) is 0. The molecule has 0 bridgehead atoms. The summed E-state index contributed by atoms with van der Waals surface area (Å²) in [5, 5.41) is 10.1. The summed E-state index contributed by atoms with van der Waals surface area (Å²) in [6, 6.07) is 0. The smallest absolute Gasteiger partial charge is 0.186 e. The van der Waals surface area contributed by atoms with Crippen LogP contribution in [0.15, 0.2) is 0 Å². The SMILES string of the molecule is CC(C)(C)CC(C)(C)NC(=N)N. The van der Waals surface area contributed by atoms with Crippen LogP contribution in [0.1, 0.15) is 41.0 Å². The topological polar surface area (TPSA) is 61.9 Å². The number of hydrogen-bond donors (Lipinski definition) is 3. The Balaban J connectivity index is 4.13. The van der Waals surface area contributed by atoms with Gasteiger partial charge in [0.15, 0.2) is 5.96 Å². The quantitative estimate of drug-likeness (QED) is 0.437. The van der Waals surface area contributed by atoms with Crippen molar-refractivity contribution in [1.29, 1.82) is 5.41 Å². The van der Waals surface area contributed by atoms with Crippen LogP contribution in [0.4, 0.5) is 0 Å². The molecular formula is C9H21N3. The van der Waals surface area contributed by atoms with Crippen LogP contribution in [0, 0.1) is 10.8 Å². The lowest BCUT2D eigenvalue weighted by Gasteiger charge is -2.33. The average molecular weight is 171 g/mol. The third kappa shape index (κ3) is 6.01. The average Bonchev–Trinajstić information content (AvgIpc) is 1.48. The lowest BCUT2D eigenvalue weighted by Crippen LogP contribution is -2.48. The highest BCUT2D eigenvalue weighted by molar-refractivity contribution is 5.75. The Morgan fingerprint density at radius 3 is 1.92 bits per heavy atom. The van der Waals surface area contributed by atoms with E-state index in [1.165, 1.54) is 0 Å². The molecule has 0 aromatic rings. The summed E-state index contributed by atoms with van der Waals surface area (Å²) in [6.45, 7) is 10.6. The van der Waals surface area contributed by atoms with Gasteiger partial charge in [0.25, 0.3) is 0 Å². The van der Waals surface area contributed by atoms with Gasteiger partial charge in [0.05, 0.1) is 0 Å². The maximum Gasteiger partial charge on any atom is 0.186 e. The van der Waals surface area contributed by atoms with E-state index in [9.17, 15) is 0 Å². The molecule has 0 atom stereocenters. The summed E-state index contributed by atoms with van der Waals surface area (Å²) in [4.78, 5) is 0. The van der Waals surface area contributed by atoms with Crippen LogP contribution in [0.3, 0.4) is 0 Å². The Bertz CT molecular complexity index is 165. The van der Waals surface area contributed by atoms with Gasteiger partial charge in [-0.05, 0) is 25.7 Å². The molecule has 0 aliphatic heterocycles. The van der Waals surface area contributed by atoms with Gasteiger partial charge in [0.2, 0.25) is 0 Å². The highest BCUT2D eigenvalue weighted by Crippen LogP contribution is 2.26. The number of hydrogen-bond acceptors (Lipinski definition) is 1. The van der Waals surface area contributed by atoms with Gasteiger partial charge in [-0.3, -0.25) is 5.41 Å². The van der Waals surface area contributed by atoms with Crippen molar-refractivity contribution in [3.8, 4) is 0 Å². The Morgan fingerprint density at radius 2 is 1.67 bits per heavy atom. The highest BCUT2D eigenvalue weighted by Gasteiger charge is 2.25. The lowest BCUT2D eigenvalue weighted by atomic mass is 9.82. The molecule has 12 heavy (non-hydrogen) atoms. The first-order chi connectivity index (χ1) is 5.12. The molecule has 3 heteroatoms. The van der Waals surface area contributed by atoms with Gasteiger partial charge in [-0.15, -0.1) is 0 Å². The Morgan fingerprint density at radius 1 is 1.25 bits per heavy atom. The van der Waals surface area contributed by atoms with E-state index in [2.05, 4.69) is 39.9 Å². The van der Waals surface area contributed by atoms with Gasteiger partial charge in [0.1, 0.15) is 0 Å². The van der Waals surface area contributed by atoms with Crippen LogP contribution >= 0.6 is 0 Å². The maximum absolute atomic E-state index is 7.12. The van der Waals surface area contributed by atoms with Crippen molar-refractivity contribution in [2.24, 2.45) is 11.1 Å². The zero-order valence-corrected chi connectivity index (χ0v) is 8.78. The predicted octanol–water partition coefficient (Wildman–Crippen LogP) is 1.68. The molecule has 0 aromatic heterocycles. The van der Waals surface area contributed by atoms with Crippen molar-refractivity contribution in [2.75, 3.05) is 0 Å². The third-order valence-corrected chi connectivity index (χ3v) is 1.45. The summed E-state index contributed by atoms with van der Waals surface area (Å²) >= 11 is 0. The first kappa shape index (κ1) is 11.3. The minimum atomic E-state index is -0.0932. The van der Waals surface area contributed by atoms with Crippen LogP contribution < -0.4 is 11.1 Å². The molecule has 0 aromatic carbocycles. The van der Waals surface area contributed by atoms with Gasteiger partial charge in [-0.1, -0.05) is 20.8 Å². The van der Waals surface area contributed by atoms with Crippen molar-refractivity contribution in [3.63, 3.8) is 0 Å². The van der Waals surface area contributed by atoms with E-state index in [-0.39, 0.29) is 16.9 Å². The summed E-state index contributed by atoms with van der Waals surface area (Å²) in [5.41, 5.74) is 5.43. The van der Waals surface area contributed by atoms with Gasteiger partial charge >= 0.3 is 0 Å². The molecule has 0 spiro atoms. The highest BCUT2D eigenvalue weighted by atomic mass is 15.1. The zero-order valence-electron chi connectivity index (χ0n) is 8.78. The van der Waals surface area contributed by atoms with E-state index < -0.39 is 0 Å². The zero-order chi connectivity index (χ0) is 9.99. The molecule has 4 N–H and O–H groups in total. The van der Waals surface area contributed by atoms with Crippen LogP contribution in [0.2, 0.25) is 0 Å². The molecule has 72 valence electrons. The normalized spacial score (nSPS) is 12.8. The minimum absolute atomic E-state index is 0.0456. The minimum Gasteiger partial charge on any atom is -0.370 e. The fourth-order valence-corrected chi connectivity index (χ4v) is 1.73. The fourth-order valence-electron chi connectivity index (χ4n) is 1.73. The fraction of sp³-hybridized carbons (Fsp3) is 0.889. The Hall–Kier alpha value is -0.730. The van der Waals surface area contributed by atoms with Crippen LogP contribution in [0.25, 0.3) is 0 Å². The van der Waals surface area contributed by atoms with Gasteiger partial charge < -0.3 is 11.1 Å². The molecule has 0 aliphatic carbocycles. The van der Waals surface area contributed by atoms with Gasteiger partial charge in [0, 0.05) is 5.54 Å². The molecule has 0 fully saturated rings. The van der Waals surface area contributed by atoms with E-state index in [0.29, 0.717) is 0 Å². The van der Waals surface area contributed by atoms with Gasteiger partial charge in [-0.25, -0.2) is 0 Å². The van der Waals surface area contributed by atoms with Crippen LogP contribution in [-0.4, -0.2) is 11.5 Å². The maximum atomic E-state index is 7.12. The first-order valence-corrected chi connectivity index (χ1v) is 4.25. The van der Waals surface area contributed by atoms with Crippen molar-refractivity contribution in [3.05, 3.63) is 0 Å². The van der Waals surface area contributed by atoms with Gasteiger partial charge in [-0.2, -0.15) is 0 Å². The number of rotatable bonds is 2. The lowest BCUT2D eigenvalue weighted by molar-refractivity contribution is 0.266. The molecule has 3 nitrogen and oxygen atoms in total. The molecule has 0 rings (SSSR count). The molecule has 0 radical (unpaired) electrons. The molecule has 0 saturated heterocycles. The molecular weight excluding hydrogens is 150 g/mol. The Kier molecular flexibility index (Phi) is 3.13. The van der Waals surface area contributed by atoms with E-state index in [1.807, 2.05) is 0 Å². The second kappa shape index (κ2) is 3.33. The number of guanidine groups is 1. The second-order valence-corrected chi connectivity index (χ2v) is 5.16.